The summed E-state index contributed by atoms with van der Waals surface area (Å²) >= 11 is 0. The van der Waals surface area contributed by atoms with Crippen LogP contribution in [0.25, 0.3) is 27.5 Å². The van der Waals surface area contributed by atoms with E-state index >= 15 is 0 Å². The van der Waals surface area contributed by atoms with Gasteiger partial charge in [-0.25, -0.2) is 0 Å². The summed E-state index contributed by atoms with van der Waals surface area (Å²) in [6, 6.07) is 32.4. The molecular formula is C28H23N. The fourth-order valence-corrected chi connectivity index (χ4v) is 3.98. The topological polar surface area (TPSA) is 12.0 Å². The fraction of sp³-hybridized carbons (Fsp3) is 0.0714. The normalized spacial score (nSPS) is 13.3. The van der Waals surface area contributed by atoms with Crippen LogP contribution in [0.5, 0.6) is 0 Å². The number of anilines is 2. The van der Waals surface area contributed by atoms with Crippen molar-refractivity contribution in [3.05, 3.63) is 115 Å². The minimum atomic E-state index is 1.10. The summed E-state index contributed by atoms with van der Waals surface area (Å²) in [4.78, 5) is 0. The zero-order chi connectivity index (χ0) is 19.5. The Morgan fingerprint density at radius 3 is 2.21 bits per heavy atom. The minimum absolute atomic E-state index is 1.10. The lowest BCUT2D eigenvalue weighted by Gasteiger charge is -2.13. The van der Waals surface area contributed by atoms with Crippen LogP contribution in [0.4, 0.5) is 11.4 Å². The van der Waals surface area contributed by atoms with Crippen LogP contribution < -0.4 is 5.32 Å². The highest BCUT2D eigenvalue weighted by molar-refractivity contribution is 5.99. The van der Waals surface area contributed by atoms with Crippen LogP contribution in [-0.2, 0) is 0 Å². The molecule has 5 rings (SSSR count). The predicted molar refractivity (Wildman–Crippen MR) is 125 cm³/mol. The quantitative estimate of drug-likeness (QED) is 0.382. The predicted octanol–water partition coefficient (Wildman–Crippen LogP) is 7.98. The molecule has 4 aromatic carbocycles. The molecule has 0 aromatic heterocycles. The number of rotatable bonds is 4. The van der Waals surface area contributed by atoms with Gasteiger partial charge in [-0.1, -0.05) is 85.0 Å². The van der Waals surface area contributed by atoms with E-state index < -0.39 is 0 Å². The Hall–Kier alpha value is -3.58. The number of hydrogen-bond donors (Lipinski definition) is 1. The molecule has 1 aliphatic carbocycles. The van der Waals surface area contributed by atoms with E-state index in [0.717, 1.165) is 24.2 Å². The first-order valence-corrected chi connectivity index (χ1v) is 10.2. The van der Waals surface area contributed by atoms with E-state index in [1.54, 1.807) is 0 Å². The second kappa shape index (κ2) is 7.81. The zero-order valence-corrected chi connectivity index (χ0v) is 16.3. The van der Waals surface area contributed by atoms with E-state index in [1.807, 2.05) is 0 Å². The van der Waals surface area contributed by atoms with Crippen molar-refractivity contribution < 1.29 is 0 Å². The summed E-state index contributed by atoms with van der Waals surface area (Å²) in [6.45, 7) is 0. The lowest BCUT2D eigenvalue weighted by Crippen LogP contribution is -1.93. The van der Waals surface area contributed by atoms with Crippen LogP contribution in [-0.4, -0.2) is 0 Å². The van der Waals surface area contributed by atoms with Gasteiger partial charge in [-0.15, -0.1) is 0 Å². The average molecular weight is 373 g/mol. The molecule has 0 unspecified atom stereocenters. The van der Waals surface area contributed by atoms with Gasteiger partial charge in [-0.2, -0.15) is 0 Å². The molecule has 0 atom stereocenters. The molecular weight excluding hydrogens is 350 g/mol. The van der Waals surface area contributed by atoms with Crippen molar-refractivity contribution in [2.45, 2.75) is 12.8 Å². The highest BCUT2D eigenvalue weighted by Gasteiger charge is 2.07. The number of benzene rings is 4. The van der Waals surface area contributed by atoms with Crippen molar-refractivity contribution in [3.8, 4) is 11.1 Å². The van der Waals surface area contributed by atoms with Gasteiger partial charge in [0.15, 0.2) is 0 Å². The van der Waals surface area contributed by atoms with Crippen molar-refractivity contribution >= 4 is 27.7 Å². The van der Waals surface area contributed by atoms with Crippen molar-refractivity contribution in [2.75, 3.05) is 5.32 Å². The van der Waals surface area contributed by atoms with Crippen molar-refractivity contribution in [3.63, 3.8) is 0 Å². The maximum absolute atomic E-state index is 3.60. The van der Waals surface area contributed by atoms with Gasteiger partial charge in [0.1, 0.15) is 0 Å². The molecule has 0 aliphatic heterocycles. The Morgan fingerprint density at radius 1 is 0.621 bits per heavy atom. The van der Waals surface area contributed by atoms with Gasteiger partial charge >= 0.3 is 0 Å². The molecule has 0 bridgehead atoms. The third kappa shape index (κ3) is 3.72. The Morgan fingerprint density at radius 2 is 1.41 bits per heavy atom. The summed E-state index contributed by atoms with van der Waals surface area (Å²) in [5.41, 5.74) is 7.28. The zero-order valence-electron chi connectivity index (χ0n) is 16.3. The molecule has 1 heteroatoms. The molecule has 1 nitrogen and oxygen atoms in total. The van der Waals surface area contributed by atoms with Gasteiger partial charge in [0, 0.05) is 11.4 Å². The molecule has 0 amide bonds. The van der Waals surface area contributed by atoms with Crippen molar-refractivity contribution in [1.29, 1.82) is 0 Å². The largest absolute Gasteiger partial charge is 0.355 e. The van der Waals surface area contributed by atoms with E-state index in [9.17, 15) is 0 Å². The van der Waals surface area contributed by atoms with Gasteiger partial charge in [-0.3, -0.25) is 0 Å². The smallest absolute Gasteiger partial charge is 0.0396 e. The molecule has 0 heterocycles. The lowest BCUT2D eigenvalue weighted by atomic mass is 9.97. The number of nitrogens with one attached hydrogen (secondary N) is 1. The molecule has 0 radical (unpaired) electrons. The molecule has 0 spiro atoms. The van der Waals surface area contributed by atoms with Crippen molar-refractivity contribution in [2.24, 2.45) is 0 Å². The maximum Gasteiger partial charge on any atom is 0.0396 e. The molecule has 0 fully saturated rings. The SMILES string of the molecule is C1=CC(c2ccc(Nc3cc(-c4ccccc4)c4ccccc4c3)cc2)=CCC1. The van der Waals surface area contributed by atoms with Crippen LogP contribution in [0.1, 0.15) is 18.4 Å². The maximum atomic E-state index is 3.60. The van der Waals surface area contributed by atoms with E-state index in [4.69, 9.17) is 0 Å². The van der Waals surface area contributed by atoms with Crippen LogP contribution in [0.2, 0.25) is 0 Å². The monoisotopic (exact) mass is 373 g/mol. The van der Waals surface area contributed by atoms with Gasteiger partial charge in [0.25, 0.3) is 0 Å². The van der Waals surface area contributed by atoms with Crippen LogP contribution in [0.3, 0.4) is 0 Å². The summed E-state index contributed by atoms with van der Waals surface area (Å²) < 4.78 is 0. The van der Waals surface area contributed by atoms with Crippen LogP contribution in [0, 0.1) is 0 Å². The van der Waals surface area contributed by atoms with Crippen LogP contribution >= 0.6 is 0 Å². The van der Waals surface area contributed by atoms with Crippen LogP contribution in [0.15, 0.2) is 109 Å². The highest BCUT2D eigenvalue weighted by atomic mass is 14.9. The van der Waals surface area contributed by atoms with E-state index in [1.165, 1.54) is 33.0 Å². The first-order valence-electron chi connectivity index (χ1n) is 10.2. The molecule has 1 N–H and O–H groups in total. The van der Waals surface area contributed by atoms with Gasteiger partial charge < -0.3 is 5.32 Å². The Bertz CT molecular complexity index is 1200. The minimum Gasteiger partial charge on any atom is -0.355 e. The van der Waals surface area contributed by atoms with E-state index in [2.05, 4.69) is 115 Å². The van der Waals surface area contributed by atoms with Gasteiger partial charge in [0.05, 0.1) is 0 Å². The third-order valence-corrected chi connectivity index (χ3v) is 5.45. The summed E-state index contributed by atoms with van der Waals surface area (Å²) in [5.74, 6) is 0. The molecule has 29 heavy (non-hydrogen) atoms. The Kier molecular flexibility index (Phi) is 4.72. The molecule has 4 aromatic rings. The number of allylic oxidation sites excluding steroid dienone is 4. The number of fused-ring (bicyclic) bond motifs is 1. The molecule has 140 valence electrons. The summed E-state index contributed by atoms with van der Waals surface area (Å²) in [6.07, 6.45) is 9.07. The standard InChI is InChI=1S/C28H23N/c1-3-9-21(10-4-1)22-15-17-25(18-16-22)29-26-19-24-13-7-8-14-27(24)28(20-26)23-11-5-2-6-12-23/h2-3,5-20,29H,1,4H2. The van der Waals surface area contributed by atoms with Gasteiger partial charge in [-0.05, 0) is 70.1 Å². The lowest BCUT2D eigenvalue weighted by molar-refractivity contribution is 1.04. The summed E-state index contributed by atoms with van der Waals surface area (Å²) in [5, 5.41) is 6.11. The average Bonchev–Trinajstić information content (AvgIpc) is 2.80. The van der Waals surface area contributed by atoms with E-state index in [-0.39, 0.29) is 0 Å². The first-order chi connectivity index (χ1) is 14.4. The Labute approximate surface area is 172 Å². The second-order valence-corrected chi connectivity index (χ2v) is 7.45. The molecule has 0 saturated heterocycles. The first kappa shape index (κ1) is 17.5. The summed E-state index contributed by atoms with van der Waals surface area (Å²) in [7, 11) is 0. The van der Waals surface area contributed by atoms with Crippen molar-refractivity contribution in [1.82, 2.24) is 0 Å². The highest BCUT2D eigenvalue weighted by Crippen LogP contribution is 2.33. The Balaban J connectivity index is 1.49. The fourth-order valence-electron chi connectivity index (χ4n) is 3.98. The van der Waals surface area contributed by atoms with E-state index in [0.29, 0.717) is 0 Å². The number of hydrogen-bond acceptors (Lipinski definition) is 1. The third-order valence-electron chi connectivity index (χ3n) is 5.45. The molecule has 0 saturated carbocycles. The van der Waals surface area contributed by atoms with Gasteiger partial charge in [0.2, 0.25) is 0 Å². The molecule has 1 aliphatic rings. The second-order valence-electron chi connectivity index (χ2n) is 7.45.